The maximum absolute atomic E-state index is 11.7. The zero-order chi connectivity index (χ0) is 13.0. The van der Waals surface area contributed by atoms with E-state index in [1.807, 2.05) is 50.2 Å². The second-order valence-electron chi connectivity index (χ2n) is 4.14. The fourth-order valence-electron chi connectivity index (χ4n) is 1.56. The van der Waals surface area contributed by atoms with E-state index in [4.69, 9.17) is 4.74 Å². The lowest BCUT2D eigenvalue weighted by Gasteiger charge is -2.08. The SMILES string of the molecule is Cc1ccc(OC(=O)Nc2ccccc2C)cc1. The molecule has 2 rings (SSSR count). The first kappa shape index (κ1) is 12.2. The highest BCUT2D eigenvalue weighted by atomic mass is 16.6. The van der Waals surface area contributed by atoms with Gasteiger partial charge in [-0.15, -0.1) is 0 Å². The molecule has 3 nitrogen and oxygen atoms in total. The third-order valence-corrected chi connectivity index (χ3v) is 2.61. The van der Waals surface area contributed by atoms with Gasteiger partial charge < -0.3 is 4.74 Å². The van der Waals surface area contributed by atoms with Gasteiger partial charge in [0, 0.05) is 5.69 Å². The normalized spacial score (nSPS) is 9.89. The third-order valence-electron chi connectivity index (χ3n) is 2.61. The lowest BCUT2D eigenvalue weighted by molar-refractivity contribution is 0.215. The van der Waals surface area contributed by atoms with Crippen LogP contribution < -0.4 is 10.1 Å². The van der Waals surface area contributed by atoms with Gasteiger partial charge in [-0.1, -0.05) is 35.9 Å². The van der Waals surface area contributed by atoms with Gasteiger partial charge in [0.2, 0.25) is 0 Å². The zero-order valence-electron chi connectivity index (χ0n) is 10.4. The number of rotatable bonds is 2. The molecule has 0 fully saturated rings. The molecule has 1 amide bonds. The predicted octanol–water partition coefficient (Wildman–Crippen LogP) is 3.91. The summed E-state index contributed by atoms with van der Waals surface area (Å²) in [5, 5.41) is 2.71. The van der Waals surface area contributed by atoms with Crippen molar-refractivity contribution in [2.75, 3.05) is 5.32 Å². The van der Waals surface area contributed by atoms with Crippen LogP contribution in [0.2, 0.25) is 0 Å². The minimum Gasteiger partial charge on any atom is -0.410 e. The van der Waals surface area contributed by atoms with Crippen LogP contribution in [0.15, 0.2) is 48.5 Å². The Morgan fingerprint density at radius 2 is 1.67 bits per heavy atom. The highest BCUT2D eigenvalue weighted by Gasteiger charge is 2.06. The molecule has 0 aromatic heterocycles. The summed E-state index contributed by atoms with van der Waals surface area (Å²) < 4.78 is 5.18. The molecule has 0 saturated heterocycles. The quantitative estimate of drug-likeness (QED) is 0.865. The van der Waals surface area contributed by atoms with Gasteiger partial charge in [-0.3, -0.25) is 5.32 Å². The molecule has 0 radical (unpaired) electrons. The van der Waals surface area contributed by atoms with E-state index >= 15 is 0 Å². The predicted molar refractivity (Wildman–Crippen MR) is 72.0 cm³/mol. The molecule has 1 N–H and O–H groups in total. The van der Waals surface area contributed by atoms with Crippen molar-refractivity contribution >= 4 is 11.8 Å². The first-order valence-electron chi connectivity index (χ1n) is 5.76. The minimum absolute atomic E-state index is 0.479. The monoisotopic (exact) mass is 241 g/mol. The van der Waals surface area contributed by atoms with Crippen molar-refractivity contribution in [2.45, 2.75) is 13.8 Å². The van der Waals surface area contributed by atoms with Crippen LogP contribution in [0.4, 0.5) is 10.5 Å². The molecule has 0 unspecified atom stereocenters. The Kier molecular flexibility index (Phi) is 3.63. The Bertz CT molecular complexity index is 547. The number of carbonyl (C=O) groups excluding carboxylic acids is 1. The Morgan fingerprint density at radius 1 is 1.00 bits per heavy atom. The summed E-state index contributed by atoms with van der Waals surface area (Å²) in [4.78, 5) is 11.7. The fourth-order valence-corrected chi connectivity index (χ4v) is 1.56. The van der Waals surface area contributed by atoms with Crippen molar-refractivity contribution in [2.24, 2.45) is 0 Å². The molecule has 0 atom stereocenters. The molecule has 0 spiro atoms. The minimum atomic E-state index is -0.479. The molecule has 0 heterocycles. The van der Waals surface area contributed by atoms with E-state index in [2.05, 4.69) is 5.32 Å². The Labute approximate surface area is 106 Å². The standard InChI is InChI=1S/C15H15NO2/c1-11-7-9-13(10-8-11)18-15(17)16-14-6-4-3-5-12(14)2/h3-10H,1-2H3,(H,16,17). The van der Waals surface area contributed by atoms with Crippen LogP contribution in [-0.4, -0.2) is 6.09 Å². The molecule has 2 aromatic carbocycles. The first-order valence-corrected chi connectivity index (χ1v) is 5.76. The number of nitrogens with one attached hydrogen (secondary N) is 1. The van der Waals surface area contributed by atoms with E-state index in [0.717, 1.165) is 16.8 Å². The Hall–Kier alpha value is -2.29. The van der Waals surface area contributed by atoms with Gasteiger partial charge in [0.1, 0.15) is 5.75 Å². The van der Waals surface area contributed by atoms with Gasteiger partial charge in [-0.05, 0) is 37.6 Å². The third kappa shape index (κ3) is 3.10. The highest BCUT2D eigenvalue weighted by molar-refractivity contribution is 5.87. The number of ether oxygens (including phenoxy) is 1. The van der Waals surface area contributed by atoms with Gasteiger partial charge in [0.05, 0.1) is 0 Å². The summed E-state index contributed by atoms with van der Waals surface area (Å²) >= 11 is 0. The van der Waals surface area contributed by atoms with E-state index in [0.29, 0.717) is 5.75 Å². The van der Waals surface area contributed by atoms with Gasteiger partial charge in [-0.25, -0.2) is 4.79 Å². The maximum Gasteiger partial charge on any atom is 0.417 e. The molecule has 18 heavy (non-hydrogen) atoms. The van der Waals surface area contributed by atoms with Crippen molar-refractivity contribution in [3.8, 4) is 5.75 Å². The van der Waals surface area contributed by atoms with E-state index < -0.39 is 6.09 Å². The number of hydrogen-bond donors (Lipinski definition) is 1. The van der Waals surface area contributed by atoms with Crippen molar-refractivity contribution < 1.29 is 9.53 Å². The van der Waals surface area contributed by atoms with Gasteiger partial charge in [0.25, 0.3) is 0 Å². The summed E-state index contributed by atoms with van der Waals surface area (Å²) in [6.45, 7) is 3.92. The molecule has 0 bridgehead atoms. The van der Waals surface area contributed by atoms with Crippen LogP contribution >= 0.6 is 0 Å². The number of amides is 1. The molecular weight excluding hydrogens is 226 g/mol. The Balaban J connectivity index is 2.01. The number of benzene rings is 2. The van der Waals surface area contributed by atoms with E-state index in [1.165, 1.54) is 0 Å². The zero-order valence-corrected chi connectivity index (χ0v) is 10.4. The highest BCUT2D eigenvalue weighted by Crippen LogP contribution is 2.15. The van der Waals surface area contributed by atoms with Crippen LogP contribution in [0, 0.1) is 13.8 Å². The lowest BCUT2D eigenvalue weighted by Crippen LogP contribution is -2.17. The van der Waals surface area contributed by atoms with Gasteiger partial charge in [0.15, 0.2) is 0 Å². The van der Waals surface area contributed by atoms with Crippen LogP contribution in [0.25, 0.3) is 0 Å². The summed E-state index contributed by atoms with van der Waals surface area (Å²) in [7, 11) is 0. The van der Waals surface area contributed by atoms with Crippen molar-refractivity contribution in [3.63, 3.8) is 0 Å². The second-order valence-corrected chi connectivity index (χ2v) is 4.14. The fraction of sp³-hybridized carbons (Fsp3) is 0.133. The number of para-hydroxylation sites is 1. The maximum atomic E-state index is 11.7. The number of anilines is 1. The molecule has 3 heteroatoms. The number of hydrogen-bond acceptors (Lipinski definition) is 2. The van der Waals surface area contributed by atoms with E-state index in [-0.39, 0.29) is 0 Å². The van der Waals surface area contributed by atoms with Gasteiger partial charge in [-0.2, -0.15) is 0 Å². The summed E-state index contributed by atoms with van der Waals surface area (Å²) in [5.74, 6) is 0.534. The van der Waals surface area contributed by atoms with Crippen LogP contribution in [0.1, 0.15) is 11.1 Å². The second kappa shape index (κ2) is 5.36. The van der Waals surface area contributed by atoms with Crippen LogP contribution in [0.5, 0.6) is 5.75 Å². The van der Waals surface area contributed by atoms with Crippen molar-refractivity contribution in [1.82, 2.24) is 0 Å². The molecule has 0 aliphatic carbocycles. The molecule has 0 aliphatic heterocycles. The summed E-state index contributed by atoms with van der Waals surface area (Å²) in [5.41, 5.74) is 2.88. The summed E-state index contributed by atoms with van der Waals surface area (Å²) in [6, 6.07) is 14.9. The van der Waals surface area contributed by atoms with E-state index in [1.54, 1.807) is 12.1 Å². The van der Waals surface area contributed by atoms with E-state index in [9.17, 15) is 4.79 Å². The van der Waals surface area contributed by atoms with Crippen LogP contribution in [-0.2, 0) is 0 Å². The van der Waals surface area contributed by atoms with Crippen molar-refractivity contribution in [3.05, 3.63) is 59.7 Å². The molecule has 2 aromatic rings. The molecule has 92 valence electrons. The topological polar surface area (TPSA) is 38.3 Å². The average Bonchev–Trinajstić information content (AvgIpc) is 2.35. The molecule has 0 aliphatic rings. The summed E-state index contributed by atoms with van der Waals surface area (Å²) in [6.07, 6.45) is -0.479. The van der Waals surface area contributed by atoms with Crippen LogP contribution in [0.3, 0.4) is 0 Å². The van der Waals surface area contributed by atoms with Gasteiger partial charge >= 0.3 is 6.09 Å². The largest absolute Gasteiger partial charge is 0.417 e. The van der Waals surface area contributed by atoms with Crippen molar-refractivity contribution in [1.29, 1.82) is 0 Å². The molecule has 0 saturated carbocycles. The molecular formula is C15H15NO2. The smallest absolute Gasteiger partial charge is 0.410 e. The number of carbonyl (C=O) groups is 1. The number of aryl methyl sites for hydroxylation is 2. The first-order chi connectivity index (χ1) is 8.65. The Morgan fingerprint density at radius 3 is 2.33 bits per heavy atom. The average molecular weight is 241 g/mol. The lowest BCUT2D eigenvalue weighted by atomic mass is 10.2.